The SMILES string of the molecule is CCNC(Cc1nc(C(C)(C)C)cs1)c1ccc(Cl)o1. The number of nitrogens with zero attached hydrogens (tertiary/aromatic N) is 1. The summed E-state index contributed by atoms with van der Waals surface area (Å²) in [5.74, 6) is 0.865. The number of rotatable bonds is 5. The van der Waals surface area contributed by atoms with Crippen molar-refractivity contribution in [2.24, 2.45) is 0 Å². The van der Waals surface area contributed by atoms with Crippen LogP contribution >= 0.6 is 22.9 Å². The minimum atomic E-state index is 0.0937. The van der Waals surface area contributed by atoms with Gasteiger partial charge in [-0.1, -0.05) is 27.7 Å². The third-order valence-electron chi connectivity index (χ3n) is 3.09. The van der Waals surface area contributed by atoms with Crippen molar-refractivity contribution in [2.45, 2.75) is 45.6 Å². The molecule has 0 amide bonds. The van der Waals surface area contributed by atoms with Gasteiger partial charge >= 0.3 is 0 Å². The summed E-state index contributed by atoms with van der Waals surface area (Å²) >= 11 is 7.57. The summed E-state index contributed by atoms with van der Waals surface area (Å²) in [4.78, 5) is 4.74. The largest absolute Gasteiger partial charge is 0.448 e. The monoisotopic (exact) mass is 312 g/mol. The van der Waals surface area contributed by atoms with Crippen LogP contribution in [0.2, 0.25) is 5.22 Å². The molecule has 2 heterocycles. The zero-order chi connectivity index (χ0) is 14.8. The highest BCUT2D eigenvalue weighted by molar-refractivity contribution is 7.09. The van der Waals surface area contributed by atoms with Gasteiger partial charge in [-0.2, -0.15) is 0 Å². The van der Waals surface area contributed by atoms with Gasteiger partial charge in [0.2, 0.25) is 0 Å². The predicted octanol–water partition coefficient (Wildman–Crippen LogP) is 4.58. The van der Waals surface area contributed by atoms with Crippen LogP contribution in [0.1, 0.15) is 50.2 Å². The van der Waals surface area contributed by atoms with Crippen LogP contribution in [0.4, 0.5) is 0 Å². The molecule has 1 unspecified atom stereocenters. The van der Waals surface area contributed by atoms with Crippen molar-refractivity contribution in [3.8, 4) is 0 Å². The number of thiazole rings is 1. The van der Waals surface area contributed by atoms with Crippen LogP contribution in [0.15, 0.2) is 21.9 Å². The summed E-state index contributed by atoms with van der Waals surface area (Å²) in [6, 6.07) is 3.82. The quantitative estimate of drug-likeness (QED) is 0.878. The van der Waals surface area contributed by atoms with E-state index in [9.17, 15) is 0 Å². The van der Waals surface area contributed by atoms with Crippen molar-refractivity contribution in [1.82, 2.24) is 10.3 Å². The summed E-state index contributed by atoms with van der Waals surface area (Å²) in [6.07, 6.45) is 0.818. The topological polar surface area (TPSA) is 38.1 Å². The Hall–Kier alpha value is -0.840. The highest BCUT2D eigenvalue weighted by atomic mass is 35.5. The molecule has 0 aliphatic heterocycles. The first-order valence-electron chi connectivity index (χ1n) is 6.83. The number of aromatic nitrogens is 1. The van der Waals surface area contributed by atoms with Gasteiger partial charge in [-0.15, -0.1) is 11.3 Å². The first-order valence-corrected chi connectivity index (χ1v) is 8.09. The summed E-state index contributed by atoms with van der Waals surface area (Å²) in [6.45, 7) is 9.50. The molecule has 2 aromatic heterocycles. The Labute approximate surface area is 129 Å². The lowest BCUT2D eigenvalue weighted by Gasteiger charge is -2.15. The molecule has 0 saturated carbocycles. The highest BCUT2D eigenvalue weighted by Crippen LogP contribution is 2.28. The molecule has 1 N–H and O–H groups in total. The Morgan fingerprint density at radius 3 is 2.65 bits per heavy atom. The van der Waals surface area contributed by atoms with Crippen LogP contribution < -0.4 is 5.32 Å². The molecule has 0 spiro atoms. The van der Waals surface area contributed by atoms with Gasteiger partial charge in [0.05, 0.1) is 16.7 Å². The van der Waals surface area contributed by atoms with Gasteiger partial charge in [0, 0.05) is 17.2 Å². The number of hydrogen-bond acceptors (Lipinski definition) is 4. The maximum atomic E-state index is 5.86. The van der Waals surface area contributed by atoms with Crippen molar-refractivity contribution in [3.63, 3.8) is 0 Å². The number of hydrogen-bond donors (Lipinski definition) is 1. The van der Waals surface area contributed by atoms with Gasteiger partial charge in [-0.05, 0) is 30.3 Å². The fourth-order valence-corrected chi connectivity index (χ4v) is 3.18. The Balaban J connectivity index is 2.14. The van der Waals surface area contributed by atoms with Gasteiger partial charge in [0.1, 0.15) is 5.76 Å². The van der Waals surface area contributed by atoms with E-state index in [1.165, 1.54) is 0 Å². The van der Waals surface area contributed by atoms with Crippen LogP contribution in [0, 0.1) is 0 Å². The van der Waals surface area contributed by atoms with Gasteiger partial charge in [-0.3, -0.25) is 0 Å². The lowest BCUT2D eigenvalue weighted by Crippen LogP contribution is -2.22. The maximum absolute atomic E-state index is 5.86. The van der Waals surface area contributed by atoms with Crippen LogP contribution in [-0.2, 0) is 11.8 Å². The molecule has 1 atom stereocenters. The Kier molecular flexibility index (Phi) is 4.89. The number of furan rings is 1. The summed E-state index contributed by atoms with van der Waals surface area (Å²) in [5.41, 5.74) is 1.24. The van der Waals surface area contributed by atoms with Crippen LogP contribution in [-0.4, -0.2) is 11.5 Å². The van der Waals surface area contributed by atoms with Gasteiger partial charge in [0.15, 0.2) is 5.22 Å². The molecule has 0 aliphatic rings. The molecule has 0 bridgehead atoms. The third-order valence-corrected chi connectivity index (χ3v) is 4.16. The first-order chi connectivity index (χ1) is 9.40. The molecular weight excluding hydrogens is 292 g/mol. The van der Waals surface area contributed by atoms with E-state index in [0.29, 0.717) is 5.22 Å². The maximum Gasteiger partial charge on any atom is 0.193 e. The van der Waals surface area contributed by atoms with E-state index in [2.05, 4.69) is 38.4 Å². The molecule has 110 valence electrons. The normalized spacial score (nSPS) is 13.7. The molecule has 3 nitrogen and oxygen atoms in total. The van der Waals surface area contributed by atoms with E-state index < -0.39 is 0 Å². The van der Waals surface area contributed by atoms with Crippen LogP contribution in [0.5, 0.6) is 0 Å². The Morgan fingerprint density at radius 2 is 2.15 bits per heavy atom. The van der Waals surface area contributed by atoms with E-state index in [1.807, 2.05) is 6.07 Å². The van der Waals surface area contributed by atoms with Gasteiger partial charge < -0.3 is 9.73 Å². The fraction of sp³-hybridized carbons (Fsp3) is 0.533. The Bertz CT molecular complexity index is 556. The predicted molar refractivity (Wildman–Crippen MR) is 84.7 cm³/mol. The fourth-order valence-electron chi connectivity index (χ4n) is 1.96. The minimum absolute atomic E-state index is 0.0937. The lowest BCUT2D eigenvalue weighted by atomic mass is 9.93. The van der Waals surface area contributed by atoms with Crippen molar-refractivity contribution in [2.75, 3.05) is 6.54 Å². The average molecular weight is 313 g/mol. The van der Waals surface area contributed by atoms with Gasteiger partial charge in [0.25, 0.3) is 0 Å². The molecule has 2 aromatic rings. The second kappa shape index (κ2) is 6.29. The zero-order valence-electron chi connectivity index (χ0n) is 12.4. The van der Waals surface area contributed by atoms with Crippen LogP contribution in [0.3, 0.4) is 0 Å². The van der Waals surface area contributed by atoms with Crippen LogP contribution in [0.25, 0.3) is 0 Å². The lowest BCUT2D eigenvalue weighted by molar-refractivity contribution is 0.416. The smallest absolute Gasteiger partial charge is 0.193 e. The molecule has 0 saturated heterocycles. The average Bonchev–Trinajstić information content (AvgIpc) is 2.96. The molecular formula is C15H21ClN2OS. The summed E-state index contributed by atoms with van der Waals surface area (Å²) in [5, 5.41) is 7.12. The summed E-state index contributed by atoms with van der Waals surface area (Å²) in [7, 11) is 0. The molecule has 0 fully saturated rings. The minimum Gasteiger partial charge on any atom is -0.448 e. The molecule has 2 rings (SSSR count). The van der Waals surface area contributed by atoms with E-state index in [-0.39, 0.29) is 11.5 Å². The van der Waals surface area contributed by atoms with E-state index >= 15 is 0 Å². The zero-order valence-corrected chi connectivity index (χ0v) is 13.9. The molecule has 5 heteroatoms. The number of likely N-dealkylation sites (N-methyl/N-ethyl adjacent to an activating group) is 1. The van der Waals surface area contributed by atoms with E-state index in [1.54, 1.807) is 17.4 Å². The number of nitrogens with one attached hydrogen (secondary N) is 1. The third kappa shape index (κ3) is 3.84. The van der Waals surface area contributed by atoms with E-state index in [0.717, 1.165) is 29.4 Å². The second-order valence-electron chi connectivity index (χ2n) is 5.83. The molecule has 20 heavy (non-hydrogen) atoms. The van der Waals surface area contributed by atoms with E-state index in [4.69, 9.17) is 21.0 Å². The van der Waals surface area contributed by atoms with Crippen molar-refractivity contribution >= 4 is 22.9 Å². The molecule has 0 aromatic carbocycles. The molecule has 0 radical (unpaired) electrons. The standard InChI is InChI=1S/C15H21ClN2OS/c1-5-17-10(11-6-7-13(16)19-11)8-14-18-12(9-20-14)15(2,3)4/h6-7,9-10,17H,5,8H2,1-4H3. The van der Waals surface area contributed by atoms with Crippen molar-refractivity contribution in [3.05, 3.63) is 39.2 Å². The first kappa shape index (κ1) is 15.5. The van der Waals surface area contributed by atoms with Crippen molar-refractivity contribution in [1.29, 1.82) is 0 Å². The highest BCUT2D eigenvalue weighted by Gasteiger charge is 2.20. The summed E-state index contributed by atoms with van der Waals surface area (Å²) < 4.78 is 5.52. The number of halogens is 1. The second-order valence-corrected chi connectivity index (χ2v) is 7.15. The van der Waals surface area contributed by atoms with Gasteiger partial charge in [-0.25, -0.2) is 4.98 Å². The molecule has 0 aliphatic carbocycles. The van der Waals surface area contributed by atoms with Crippen molar-refractivity contribution < 1.29 is 4.42 Å². The Morgan fingerprint density at radius 1 is 1.40 bits per heavy atom.